The van der Waals surface area contributed by atoms with Crippen LogP contribution < -0.4 is 0 Å². The summed E-state index contributed by atoms with van der Waals surface area (Å²) in [7, 11) is 0. The van der Waals surface area contributed by atoms with Crippen LogP contribution in [0.3, 0.4) is 0 Å². The Balaban J connectivity index is 1.06. The molecule has 4 aromatic heterocycles. The number of hydrogen-bond acceptors (Lipinski definition) is 5. The van der Waals surface area contributed by atoms with Gasteiger partial charge in [-0.05, 0) is 82.9 Å². The van der Waals surface area contributed by atoms with Crippen LogP contribution in [0.1, 0.15) is 25.0 Å². The topological polar surface area (TPSA) is 69.6 Å². The fourth-order valence-electron chi connectivity index (χ4n) is 8.29. The SMILES string of the molecule is CC1(C)c2ccc(-c3nc(-c4ccccc4)nc(-c4ccc5oc6ccccc6c5c4)n3)cc2-c2ccc(-n3c4ccccc4c4cccnc43)cc21. The molecule has 0 amide bonds. The summed E-state index contributed by atoms with van der Waals surface area (Å²) in [5.74, 6) is 1.88. The number of hydrogen-bond donors (Lipinski definition) is 0. The Morgan fingerprint density at radius 2 is 1.17 bits per heavy atom. The number of nitrogens with zero attached hydrogens (tertiary/aromatic N) is 5. The molecule has 6 heteroatoms. The van der Waals surface area contributed by atoms with E-state index in [1.807, 2.05) is 72.9 Å². The second-order valence-electron chi connectivity index (χ2n) is 14.3. The van der Waals surface area contributed by atoms with E-state index in [2.05, 4.69) is 97.3 Å². The quantitative estimate of drug-likeness (QED) is 0.185. The van der Waals surface area contributed by atoms with E-state index in [0.29, 0.717) is 17.5 Å². The molecule has 0 radical (unpaired) electrons. The number of furan rings is 1. The van der Waals surface area contributed by atoms with Gasteiger partial charge in [0.15, 0.2) is 17.5 Å². The van der Waals surface area contributed by atoms with Crippen LogP contribution in [-0.4, -0.2) is 24.5 Å². The van der Waals surface area contributed by atoms with Gasteiger partial charge in [-0.15, -0.1) is 0 Å². The number of benzene rings is 6. The van der Waals surface area contributed by atoms with E-state index < -0.39 is 0 Å². The third-order valence-corrected chi connectivity index (χ3v) is 10.9. The molecular weight excluding hydrogens is 651 g/mol. The van der Waals surface area contributed by atoms with Crippen molar-refractivity contribution in [2.75, 3.05) is 0 Å². The van der Waals surface area contributed by atoms with Crippen LogP contribution in [0.2, 0.25) is 0 Å². The molecule has 1 aliphatic rings. The third kappa shape index (κ3) is 4.45. The molecule has 0 unspecified atom stereocenters. The third-order valence-electron chi connectivity index (χ3n) is 10.9. The highest BCUT2D eigenvalue weighted by molar-refractivity contribution is 6.08. The first-order valence-corrected chi connectivity index (χ1v) is 17.9. The average Bonchev–Trinajstić information content (AvgIpc) is 3.83. The van der Waals surface area contributed by atoms with Gasteiger partial charge in [0.2, 0.25) is 0 Å². The van der Waals surface area contributed by atoms with Crippen LogP contribution in [0.25, 0.3) is 94.9 Å². The number of para-hydroxylation sites is 2. The summed E-state index contributed by atoms with van der Waals surface area (Å²) in [5.41, 5.74) is 12.5. The summed E-state index contributed by atoms with van der Waals surface area (Å²) in [6, 6.07) is 50.6. The zero-order chi connectivity index (χ0) is 35.3. The van der Waals surface area contributed by atoms with Crippen molar-refractivity contribution in [3.8, 4) is 51.0 Å². The summed E-state index contributed by atoms with van der Waals surface area (Å²) < 4.78 is 8.41. The highest BCUT2D eigenvalue weighted by Gasteiger charge is 2.36. The molecule has 0 aliphatic heterocycles. The molecule has 0 spiro atoms. The molecule has 4 heterocycles. The zero-order valence-corrected chi connectivity index (χ0v) is 29.1. The summed E-state index contributed by atoms with van der Waals surface area (Å²) in [5, 5.41) is 4.46. The fraction of sp³-hybridized carbons (Fsp3) is 0.0638. The maximum Gasteiger partial charge on any atom is 0.164 e. The molecule has 0 saturated carbocycles. The van der Waals surface area contributed by atoms with Crippen molar-refractivity contribution >= 4 is 43.9 Å². The summed E-state index contributed by atoms with van der Waals surface area (Å²) in [6.45, 7) is 4.63. The van der Waals surface area contributed by atoms with Gasteiger partial charge >= 0.3 is 0 Å². The second-order valence-corrected chi connectivity index (χ2v) is 14.3. The first-order valence-electron chi connectivity index (χ1n) is 17.9. The number of pyridine rings is 1. The molecule has 11 rings (SSSR count). The van der Waals surface area contributed by atoms with E-state index >= 15 is 0 Å². The Kier molecular flexibility index (Phi) is 6.20. The molecular formula is C47H31N5O. The van der Waals surface area contributed by atoms with Crippen LogP contribution in [0.15, 0.2) is 156 Å². The van der Waals surface area contributed by atoms with Crippen molar-refractivity contribution in [1.82, 2.24) is 24.5 Å². The van der Waals surface area contributed by atoms with Gasteiger partial charge in [-0.3, -0.25) is 4.57 Å². The van der Waals surface area contributed by atoms with Crippen molar-refractivity contribution in [3.05, 3.63) is 163 Å². The number of fused-ring (bicyclic) bond motifs is 9. The predicted molar refractivity (Wildman–Crippen MR) is 213 cm³/mol. The number of aromatic nitrogens is 5. The van der Waals surface area contributed by atoms with Gasteiger partial charge in [-0.2, -0.15) is 0 Å². The van der Waals surface area contributed by atoms with Crippen LogP contribution in [-0.2, 0) is 5.41 Å². The molecule has 0 fully saturated rings. The van der Waals surface area contributed by atoms with Gasteiger partial charge in [0, 0.05) is 55.5 Å². The molecule has 53 heavy (non-hydrogen) atoms. The van der Waals surface area contributed by atoms with Crippen LogP contribution in [0.5, 0.6) is 0 Å². The van der Waals surface area contributed by atoms with E-state index in [-0.39, 0.29) is 5.41 Å². The maximum atomic E-state index is 6.13. The van der Waals surface area contributed by atoms with Gasteiger partial charge in [-0.1, -0.05) is 98.8 Å². The van der Waals surface area contributed by atoms with Crippen LogP contribution in [0, 0.1) is 0 Å². The highest BCUT2D eigenvalue weighted by atomic mass is 16.3. The van der Waals surface area contributed by atoms with Crippen molar-refractivity contribution in [2.45, 2.75) is 19.3 Å². The Bertz CT molecular complexity index is 3050. The number of rotatable bonds is 4. The Hall–Kier alpha value is -6.92. The normalized spacial score (nSPS) is 13.2. The lowest BCUT2D eigenvalue weighted by atomic mass is 9.82. The molecule has 0 saturated heterocycles. The van der Waals surface area contributed by atoms with Crippen LogP contribution >= 0.6 is 0 Å². The molecule has 1 aliphatic carbocycles. The lowest BCUT2D eigenvalue weighted by molar-refractivity contribution is 0.660. The van der Waals surface area contributed by atoms with Crippen molar-refractivity contribution < 1.29 is 4.42 Å². The fourth-order valence-corrected chi connectivity index (χ4v) is 8.29. The molecule has 0 bridgehead atoms. The van der Waals surface area contributed by atoms with Gasteiger partial charge in [0.05, 0.1) is 5.52 Å². The monoisotopic (exact) mass is 681 g/mol. The highest BCUT2D eigenvalue weighted by Crippen LogP contribution is 2.50. The molecule has 0 atom stereocenters. The molecule has 0 N–H and O–H groups in total. The van der Waals surface area contributed by atoms with Gasteiger partial charge in [0.1, 0.15) is 16.8 Å². The Labute approximate surface area is 305 Å². The first kappa shape index (κ1) is 29.8. The lowest BCUT2D eigenvalue weighted by Crippen LogP contribution is -2.15. The second kappa shape index (κ2) is 11.0. The average molecular weight is 682 g/mol. The minimum Gasteiger partial charge on any atom is -0.456 e. The zero-order valence-electron chi connectivity index (χ0n) is 29.1. The van der Waals surface area contributed by atoms with E-state index in [4.69, 9.17) is 24.4 Å². The predicted octanol–water partition coefficient (Wildman–Crippen LogP) is 11.6. The minimum absolute atomic E-state index is 0.215. The van der Waals surface area contributed by atoms with Crippen molar-refractivity contribution in [3.63, 3.8) is 0 Å². The van der Waals surface area contributed by atoms with Gasteiger partial charge in [-0.25, -0.2) is 19.9 Å². The van der Waals surface area contributed by atoms with Crippen molar-refractivity contribution in [1.29, 1.82) is 0 Å². The van der Waals surface area contributed by atoms with E-state index in [9.17, 15) is 0 Å². The van der Waals surface area contributed by atoms with E-state index in [1.54, 1.807) is 0 Å². The van der Waals surface area contributed by atoms with Crippen LogP contribution in [0.4, 0.5) is 0 Å². The molecule has 10 aromatic rings. The molecule has 6 nitrogen and oxygen atoms in total. The minimum atomic E-state index is -0.215. The standard InChI is InChI=1S/C47H31N5O/c1-47(2)38-22-18-29(25-36(38)32-21-20-31(27-39(32)47)52-40-16-8-6-13-33(40)35-15-10-24-48-46(35)52)44-49-43(28-11-4-3-5-12-28)50-45(51-44)30-19-23-42-37(26-30)34-14-7-9-17-41(34)53-42/h3-27H,1-2H3. The lowest BCUT2D eigenvalue weighted by Gasteiger charge is -2.22. The first-order chi connectivity index (χ1) is 26.0. The van der Waals surface area contributed by atoms with Crippen molar-refractivity contribution in [2.24, 2.45) is 0 Å². The smallest absolute Gasteiger partial charge is 0.164 e. The largest absolute Gasteiger partial charge is 0.456 e. The Morgan fingerprint density at radius 1 is 0.491 bits per heavy atom. The molecule has 6 aromatic carbocycles. The van der Waals surface area contributed by atoms with Gasteiger partial charge < -0.3 is 4.42 Å². The maximum absolute atomic E-state index is 6.13. The summed E-state index contributed by atoms with van der Waals surface area (Å²) in [4.78, 5) is 20.1. The molecule has 250 valence electrons. The van der Waals surface area contributed by atoms with E-state index in [1.165, 1.54) is 27.6 Å². The van der Waals surface area contributed by atoms with Gasteiger partial charge in [0.25, 0.3) is 0 Å². The Morgan fingerprint density at radius 3 is 2.02 bits per heavy atom. The van der Waals surface area contributed by atoms with E-state index in [0.717, 1.165) is 60.9 Å². The summed E-state index contributed by atoms with van der Waals surface area (Å²) >= 11 is 0. The summed E-state index contributed by atoms with van der Waals surface area (Å²) in [6.07, 6.45) is 1.87.